The number of aromatic nitrogens is 1. The predicted octanol–water partition coefficient (Wildman–Crippen LogP) is 2.83. The van der Waals surface area contributed by atoms with Gasteiger partial charge in [0.15, 0.2) is 0 Å². The lowest BCUT2D eigenvalue weighted by molar-refractivity contribution is -0.384. The summed E-state index contributed by atoms with van der Waals surface area (Å²) in [6.45, 7) is 0. The number of rotatable bonds is 2. The van der Waals surface area contributed by atoms with Crippen LogP contribution in [0.15, 0.2) is 35.1 Å². The Labute approximate surface area is 115 Å². The van der Waals surface area contributed by atoms with Crippen LogP contribution in [0.4, 0.5) is 5.69 Å². The van der Waals surface area contributed by atoms with Gasteiger partial charge in [0.05, 0.1) is 10.6 Å². The van der Waals surface area contributed by atoms with E-state index in [0.29, 0.717) is 0 Å². The van der Waals surface area contributed by atoms with E-state index in [9.17, 15) is 14.9 Å². The van der Waals surface area contributed by atoms with Crippen LogP contribution in [0.2, 0.25) is 0 Å². The fourth-order valence-corrected chi connectivity index (χ4v) is 2.76. The highest BCUT2D eigenvalue weighted by Crippen LogP contribution is 2.29. The molecule has 1 N–H and O–H groups in total. The second kappa shape index (κ2) is 4.92. The Kier molecular flexibility index (Phi) is 3.10. The van der Waals surface area contributed by atoms with Crippen molar-refractivity contribution in [1.82, 2.24) is 4.98 Å². The summed E-state index contributed by atoms with van der Waals surface area (Å²) in [4.78, 5) is 24.9. The molecule has 1 aliphatic rings. The molecular formula is C15H14N2O3. The van der Waals surface area contributed by atoms with Crippen LogP contribution in [0.3, 0.4) is 0 Å². The predicted molar refractivity (Wildman–Crippen MR) is 75.8 cm³/mol. The van der Waals surface area contributed by atoms with Crippen molar-refractivity contribution in [2.24, 2.45) is 0 Å². The summed E-state index contributed by atoms with van der Waals surface area (Å²) in [6, 6.07) is 7.99. The number of H-pyrrole nitrogens is 1. The molecule has 0 saturated heterocycles. The maximum Gasteiger partial charge on any atom is 0.269 e. The number of nitro groups is 1. The van der Waals surface area contributed by atoms with Gasteiger partial charge in [0.1, 0.15) is 0 Å². The van der Waals surface area contributed by atoms with Gasteiger partial charge in [-0.3, -0.25) is 14.9 Å². The monoisotopic (exact) mass is 270 g/mol. The van der Waals surface area contributed by atoms with Gasteiger partial charge in [-0.2, -0.15) is 0 Å². The molecule has 2 aromatic rings. The molecular weight excluding hydrogens is 256 g/mol. The number of non-ortho nitro benzene ring substituents is 1. The van der Waals surface area contributed by atoms with E-state index in [2.05, 4.69) is 4.98 Å². The van der Waals surface area contributed by atoms with Crippen molar-refractivity contribution < 1.29 is 4.92 Å². The minimum Gasteiger partial charge on any atom is -0.322 e. The topological polar surface area (TPSA) is 76.0 Å². The molecule has 0 bridgehead atoms. The number of pyridine rings is 1. The average molecular weight is 270 g/mol. The van der Waals surface area contributed by atoms with Crippen LogP contribution < -0.4 is 5.56 Å². The number of benzene rings is 1. The fraction of sp³-hybridized carbons (Fsp3) is 0.267. The van der Waals surface area contributed by atoms with Crippen molar-refractivity contribution in [2.75, 3.05) is 0 Å². The molecule has 0 spiro atoms. The molecule has 3 rings (SSSR count). The number of aryl methyl sites for hydroxylation is 1. The fourth-order valence-electron chi connectivity index (χ4n) is 2.76. The van der Waals surface area contributed by atoms with Gasteiger partial charge in [-0.15, -0.1) is 0 Å². The van der Waals surface area contributed by atoms with Gasteiger partial charge >= 0.3 is 0 Å². The zero-order chi connectivity index (χ0) is 14.1. The summed E-state index contributed by atoms with van der Waals surface area (Å²) in [6.07, 6.45) is 4.09. The summed E-state index contributed by atoms with van der Waals surface area (Å²) in [5, 5.41) is 10.7. The smallest absolute Gasteiger partial charge is 0.269 e. The Balaban J connectivity index is 2.11. The first-order chi connectivity index (χ1) is 9.65. The van der Waals surface area contributed by atoms with Crippen LogP contribution in [0.1, 0.15) is 24.0 Å². The minimum atomic E-state index is -0.424. The van der Waals surface area contributed by atoms with E-state index in [4.69, 9.17) is 0 Å². The number of fused-ring (bicyclic) bond motifs is 1. The average Bonchev–Trinajstić information content (AvgIpc) is 2.46. The van der Waals surface area contributed by atoms with Crippen LogP contribution in [0.5, 0.6) is 0 Å². The molecule has 0 amide bonds. The van der Waals surface area contributed by atoms with Gasteiger partial charge in [0.25, 0.3) is 5.69 Å². The number of nitrogens with zero attached hydrogens (tertiary/aromatic N) is 1. The number of nitro benzene ring substituents is 1. The Bertz CT molecular complexity index is 717. The molecule has 5 nitrogen and oxygen atoms in total. The van der Waals surface area contributed by atoms with E-state index < -0.39 is 4.92 Å². The molecule has 0 saturated carbocycles. The van der Waals surface area contributed by atoms with E-state index in [1.54, 1.807) is 18.2 Å². The lowest BCUT2D eigenvalue weighted by Crippen LogP contribution is -2.14. The van der Waals surface area contributed by atoms with E-state index in [1.807, 2.05) is 0 Å². The van der Waals surface area contributed by atoms with Crippen molar-refractivity contribution >= 4 is 5.69 Å². The number of hydrogen-bond donors (Lipinski definition) is 1. The number of nitrogens with one attached hydrogen (secondary N) is 1. The molecule has 1 aromatic carbocycles. The van der Waals surface area contributed by atoms with Gasteiger partial charge in [-0.1, -0.05) is 0 Å². The second-order valence-electron chi connectivity index (χ2n) is 5.02. The summed E-state index contributed by atoms with van der Waals surface area (Å²) in [5.41, 5.74) is 3.85. The quantitative estimate of drug-likeness (QED) is 0.673. The maximum absolute atomic E-state index is 11.7. The first-order valence-electron chi connectivity index (χ1n) is 6.65. The third-order valence-electron chi connectivity index (χ3n) is 3.73. The van der Waals surface area contributed by atoms with Gasteiger partial charge in [0, 0.05) is 18.2 Å². The third kappa shape index (κ3) is 2.22. The molecule has 102 valence electrons. The van der Waals surface area contributed by atoms with Crippen LogP contribution in [-0.2, 0) is 12.8 Å². The Morgan fingerprint density at radius 3 is 2.50 bits per heavy atom. The third-order valence-corrected chi connectivity index (χ3v) is 3.73. The second-order valence-corrected chi connectivity index (χ2v) is 5.02. The SMILES string of the molecule is O=c1cc2c(c(-c3ccc([N+](=O)[O-])cc3)[nH]1)CCCC2. The van der Waals surface area contributed by atoms with Crippen LogP contribution >= 0.6 is 0 Å². The molecule has 1 aromatic heterocycles. The van der Waals surface area contributed by atoms with Gasteiger partial charge < -0.3 is 4.98 Å². The van der Waals surface area contributed by atoms with E-state index in [1.165, 1.54) is 17.7 Å². The van der Waals surface area contributed by atoms with Gasteiger partial charge in [0.2, 0.25) is 5.56 Å². The number of aromatic amines is 1. The Morgan fingerprint density at radius 1 is 1.10 bits per heavy atom. The molecule has 0 aliphatic heterocycles. The summed E-state index contributed by atoms with van der Waals surface area (Å²) < 4.78 is 0. The Morgan fingerprint density at radius 2 is 1.80 bits per heavy atom. The molecule has 20 heavy (non-hydrogen) atoms. The minimum absolute atomic E-state index is 0.0564. The van der Waals surface area contributed by atoms with E-state index in [-0.39, 0.29) is 11.2 Å². The highest BCUT2D eigenvalue weighted by Gasteiger charge is 2.16. The van der Waals surface area contributed by atoms with Crippen molar-refractivity contribution in [1.29, 1.82) is 0 Å². The largest absolute Gasteiger partial charge is 0.322 e. The molecule has 5 heteroatoms. The van der Waals surface area contributed by atoms with Crippen molar-refractivity contribution in [2.45, 2.75) is 25.7 Å². The van der Waals surface area contributed by atoms with Gasteiger partial charge in [-0.25, -0.2) is 0 Å². The maximum atomic E-state index is 11.7. The first kappa shape index (κ1) is 12.6. The van der Waals surface area contributed by atoms with Crippen molar-refractivity contribution in [3.05, 3.63) is 61.9 Å². The summed E-state index contributed by atoms with van der Waals surface area (Å²) in [7, 11) is 0. The summed E-state index contributed by atoms with van der Waals surface area (Å²) in [5.74, 6) is 0. The summed E-state index contributed by atoms with van der Waals surface area (Å²) >= 11 is 0. The normalized spacial score (nSPS) is 13.8. The molecule has 0 atom stereocenters. The molecule has 1 heterocycles. The molecule has 0 fully saturated rings. The lowest BCUT2D eigenvalue weighted by Gasteiger charge is -2.18. The van der Waals surface area contributed by atoms with Crippen LogP contribution in [0.25, 0.3) is 11.3 Å². The van der Waals surface area contributed by atoms with E-state index in [0.717, 1.165) is 42.5 Å². The highest BCUT2D eigenvalue weighted by atomic mass is 16.6. The van der Waals surface area contributed by atoms with Crippen molar-refractivity contribution in [3.63, 3.8) is 0 Å². The van der Waals surface area contributed by atoms with Crippen molar-refractivity contribution in [3.8, 4) is 11.3 Å². The molecule has 0 radical (unpaired) electrons. The van der Waals surface area contributed by atoms with Gasteiger partial charge in [-0.05, 0) is 54.5 Å². The highest BCUT2D eigenvalue weighted by molar-refractivity contribution is 5.66. The standard InChI is InChI=1S/C15H14N2O3/c18-14-9-11-3-1-2-4-13(11)15(16-14)10-5-7-12(8-6-10)17(19)20/h5-9H,1-4H2,(H,16,18). The Hall–Kier alpha value is -2.43. The first-order valence-corrected chi connectivity index (χ1v) is 6.65. The molecule has 0 unspecified atom stereocenters. The molecule has 1 aliphatic carbocycles. The zero-order valence-corrected chi connectivity index (χ0v) is 10.9. The lowest BCUT2D eigenvalue weighted by atomic mass is 9.89. The van der Waals surface area contributed by atoms with Crippen LogP contribution in [0, 0.1) is 10.1 Å². The van der Waals surface area contributed by atoms with E-state index >= 15 is 0 Å². The zero-order valence-electron chi connectivity index (χ0n) is 10.9. The van der Waals surface area contributed by atoms with Crippen LogP contribution in [-0.4, -0.2) is 9.91 Å². The number of hydrogen-bond acceptors (Lipinski definition) is 3.